The standard InChI is InChI=1S/C41H35NO7/c1-24-9-19-34(40(46)47)35(21-24)37(43)25(2)26-7-6-8-29(22-26)42-38(44)33-20-18-32(23-36(33)39(42)45)49-31-16-12-28(13-17-31)41(3,4)27-10-14-30(48-5)15-11-27/h6-23,25H,1-5H3,(H,46,47). The molecule has 49 heavy (non-hydrogen) atoms. The van der Waals surface area contributed by atoms with E-state index in [1.165, 1.54) is 6.07 Å². The van der Waals surface area contributed by atoms with Crippen LogP contribution in [0, 0.1) is 6.92 Å². The molecule has 0 radical (unpaired) electrons. The van der Waals surface area contributed by atoms with Crippen molar-refractivity contribution in [2.75, 3.05) is 12.0 Å². The minimum atomic E-state index is -1.19. The van der Waals surface area contributed by atoms with Crippen LogP contribution in [0.15, 0.2) is 109 Å². The summed E-state index contributed by atoms with van der Waals surface area (Å²) in [5, 5.41) is 9.64. The Hall–Kier alpha value is -6.02. The topological polar surface area (TPSA) is 110 Å². The predicted molar refractivity (Wildman–Crippen MR) is 187 cm³/mol. The van der Waals surface area contributed by atoms with Crippen molar-refractivity contribution in [2.24, 2.45) is 0 Å². The van der Waals surface area contributed by atoms with Crippen LogP contribution >= 0.6 is 0 Å². The third kappa shape index (κ3) is 6.21. The van der Waals surface area contributed by atoms with Crippen molar-refractivity contribution in [3.8, 4) is 17.2 Å². The summed E-state index contributed by atoms with van der Waals surface area (Å²) in [5.41, 5.74) is 4.05. The molecule has 0 aromatic heterocycles. The smallest absolute Gasteiger partial charge is 0.336 e. The number of carboxylic acid groups (broad SMARTS) is 1. The van der Waals surface area contributed by atoms with Gasteiger partial charge in [0.2, 0.25) is 0 Å². The number of carboxylic acids is 1. The first-order valence-electron chi connectivity index (χ1n) is 15.8. The van der Waals surface area contributed by atoms with Crippen molar-refractivity contribution >= 4 is 29.3 Å². The number of carbonyl (C=O) groups excluding carboxylic acids is 3. The summed E-state index contributed by atoms with van der Waals surface area (Å²) in [4.78, 5) is 53.5. The monoisotopic (exact) mass is 653 g/mol. The third-order valence-electron chi connectivity index (χ3n) is 9.17. The number of Topliss-reactive ketones (excluding diaryl/α,β-unsaturated/α-hetero) is 1. The highest BCUT2D eigenvalue weighted by molar-refractivity contribution is 6.34. The van der Waals surface area contributed by atoms with Crippen molar-refractivity contribution in [2.45, 2.75) is 39.0 Å². The molecular weight excluding hydrogens is 618 g/mol. The van der Waals surface area contributed by atoms with Gasteiger partial charge >= 0.3 is 5.97 Å². The van der Waals surface area contributed by atoms with Crippen molar-refractivity contribution in [3.05, 3.63) is 154 Å². The Bertz CT molecular complexity index is 2110. The molecule has 5 aromatic rings. The molecule has 8 nitrogen and oxygen atoms in total. The number of hydrogen-bond acceptors (Lipinski definition) is 6. The first-order chi connectivity index (χ1) is 23.4. The number of hydrogen-bond donors (Lipinski definition) is 1. The van der Waals surface area contributed by atoms with Crippen LogP contribution in [0.25, 0.3) is 0 Å². The summed E-state index contributed by atoms with van der Waals surface area (Å²) in [6.45, 7) is 7.75. The SMILES string of the molecule is COc1ccc(C(C)(C)c2ccc(Oc3ccc4c(c3)C(=O)N(c3cccc(C(C)C(=O)c5cc(C)ccc5C(=O)O)c3)C4=O)cc2)cc1. The Morgan fingerprint density at radius 2 is 1.33 bits per heavy atom. The van der Waals surface area contributed by atoms with Crippen LogP contribution in [0.5, 0.6) is 17.2 Å². The maximum absolute atomic E-state index is 13.6. The molecule has 1 unspecified atom stereocenters. The average molecular weight is 654 g/mol. The highest BCUT2D eigenvalue weighted by atomic mass is 16.5. The number of benzene rings is 5. The molecule has 6 rings (SSSR count). The molecule has 5 aromatic carbocycles. The lowest BCUT2D eigenvalue weighted by Gasteiger charge is -2.26. The van der Waals surface area contributed by atoms with Gasteiger partial charge in [0.05, 0.1) is 29.5 Å². The van der Waals surface area contributed by atoms with E-state index in [9.17, 15) is 24.3 Å². The number of imide groups is 1. The summed E-state index contributed by atoms with van der Waals surface area (Å²) in [7, 11) is 1.64. The van der Waals surface area contributed by atoms with E-state index in [4.69, 9.17) is 9.47 Å². The maximum atomic E-state index is 13.6. The molecule has 8 heteroatoms. The van der Waals surface area contributed by atoms with Gasteiger partial charge in [-0.2, -0.15) is 0 Å². The van der Waals surface area contributed by atoms with Gasteiger partial charge < -0.3 is 14.6 Å². The molecule has 0 spiro atoms. The molecular formula is C41H35NO7. The Morgan fingerprint density at radius 1 is 0.714 bits per heavy atom. The molecule has 1 heterocycles. The van der Waals surface area contributed by atoms with Crippen LogP contribution in [-0.4, -0.2) is 35.8 Å². The molecule has 1 atom stereocenters. The van der Waals surface area contributed by atoms with E-state index in [-0.39, 0.29) is 33.5 Å². The van der Waals surface area contributed by atoms with Crippen LogP contribution in [0.4, 0.5) is 5.69 Å². The minimum Gasteiger partial charge on any atom is -0.497 e. The van der Waals surface area contributed by atoms with Gasteiger partial charge in [-0.1, -0.05) is 68.8 Å². The van der Waals surface area contributed by atoms with E-state index >= 15 is 0 Å². The molecule has 0 aliphatic carbocycles. The number of carbonyl (C=O) groups is 4. The molecule has 0 saturated heterocycles. The number of methoxy groups -OCH3 is 1. The molecule has 2 amide bonds. The van der Waals surface area contributed by atoms with Crippen molar-refractivity contribution < 1.29 is 33.8 Å². The molecule has 1 aliphatic heterocycles. The van der Waals surface area contributed by atoms with Gasteiger partial charge in [0, 0.05) is 16.9 Å². The number of ether oxygens (including phenoxy) is 2. The first kappa shape index (κ1) is 32.9. The molecule has 1 N–H and O–H groups in total. The molecule has 0 saturated carbocycles. The Labute approximate surface area is 284 Å². The lowest BCUT2D eigenvalue weighted by atomic mass is 9.78. The summed E-state index contributed by atoms with van der Waals surface area (Å²) in [6, 6.07) is 31.8. The highest BCUT2D eigenvalue weighted by Crippen LogP contribution is 2.36. The number of nitrogens with zero attached hydrogens (tertiary/aromatic N) is 1. The van der Waals surface area contributed by atoms with E-state index in [2.05, 4.69) is 13.8 Å². The molecule has 0 bridgehead atoms. The average Bonchev–Trinajstić information content (AvgIpc) is 3.35. The van der Waals surface area contributed by atoms with Gasteiger partial charge in [-0.25, -0.2) is 9.69 Å². The number of ketones is 1. The number of aromatic carboxylic acids is 1. The lowest BCUT2D eigenvalue weighted by molar-refractivity contribution is 0.0691. The minimum absolute atomic E-state index is 0.0784. The number of rotatable bonds is 10. The number of fused-ring (bicyclic) bond motifs is 1. The van der Waals surface area contributed by atoms with Gasteiger partial charge in [-0.3, -0.25) is 14.4 Å². The zero-order chi connectivity index (χ0) is 35.0. The van der Waals surface area contributed by atoms with Crippen LogP contribution in [0.2, 0.25) is 0 Å². The molecule has 0 fully saturated rings. The van der Waals surface area contributed by atoms with E-state index in [0.717, 1.165) is 27.3 Å². The van der Waals surface area contributed by atoms with Crippen LogP contribution in [-0.2, 0) is 5.41 Å². The van der Waals surface area contributed by atoms with E-state index in [1.54, 1.807) is 75.6 Å². The van der Waals surface area contributed by atoms with E-state index in [1.807, 2.05) is 48.5 Å². The van der Waals surface area contributed by atoms with Crippen LogP contribution < -0.4 is 14.4 Å². The van der Waals surface area contributed by atoms with Crippen molar-refractivity contribution in [1.29, 1.82) is 0 Å². The second-order valence-electron chi connectivity index (χ2n) is 12.7. The largest absolute Gasteiger partial charge is 0.497 e. The van der Waals surface area contributed by atoms with Crippen molar-refractivity contribution in [3.63, 3.8) is 0 Å². The molecule has 246 valence electrons. The zero-order valence-electron chi connectivity index (χ0n) is 27.8. The van der Waals surface area contributed by atoms with Gasteiger partial charge in [-0.15, -0.1) is 0 Å². The van der Waals surface area contributed by atoms with Crippen LogP contribution in [0.3, 0.4) is 0 Å². The Balaban J connectivity index is 1.20. The summed E-state index contributed by atoms with van der Waals surface area (Å²) in [6.07, 6.45) is 0. The normalized spacial score (nSPS) is 13.2. The number of anilines is 1. The molecule has 1 aliphatic rings. The first-order valence-corrected chi connectivity index (χ1v) is 15.8. The third-order valence-corrected chi connectivity index (χ3v) is 9.17. The van der Waals surface area contributed by atoms with E-state index in [0.29, 0.717) is 22.7 Å². The lowest BCUT2D eigenvalue weighted by Crippen LogP contribution is -2.29. The van der Waals surface area contributed by atoms with E-state index < -0.39 is 23.7 Å². The second-order valence-corrected chi connectivity index (χ2v) is 12.7. The number of amides is 2. The fraction of sp³-hybridized carbons (Fsp3) is 0.171. The van der Waals surface area contributed by atoms with Gasteiger partial charge in [-0.05, 0) is 90.3 Å². The second kappa shape index (κ2) is 12.9. The number of aryl methyl sites for hydroxylation is 1. The highest BCUT2D eigenvalue weighted by Gasteiger charge is 2.37. The van der Waals surface area contributed by atoms with Gasteiger partial charge in [0.25, 0.3) is 11.8 Å². The van der Waals surface area contributed by atoms with Crippen molar-refractivity contribution in [1.82, 2.24) is 0 Å². The van der Waals surface area contributed by atoms with Gasteiger partial charge in [0.15, 0.2) is 5.78 Å². The maximum Gasteiger partial charge on any atom is 0.336 e. The summed E-state index contributed by atoms with van der Waals surface area (Å²) < 4.78 is 11.4. The van der Waals surface area contributed by atoms with Crippen LogP contribution in [0.1, 0.15) is 90.4 Å². The quantitative estimate of drug-likeness (QED) is 0.119. The van der Waals surface area contributed by atoms with Gasteiger partial charge in [0.1, 0.15) is 17.2 Å². The predicted octanol–water partition coefficient (Wildman–Crippen LogP) is 8.61. The summed E-state index contributed by atoms with van der Waals surface area (Å²) >= 11 is 0. The zero-order valence-corrected chi connectivity index (χ0v) is 27.8. The Kier molecular flexibility index (Phi) is 8.65. The fourth-order valence-corrected chi connectivity index (χ4v) is 6.13. The Morgan fingerprint density at radius 3 is 1.96 bits per heavy atom. The summed E-state index contributed by atoms with van der Waals surface area (Å²) in [5.74, 6) is -1.51. The fourth-order valence-electron chi connectivity index (χ4n) is 6.13.